The third kappa shape index (κ3) is 5.44. The highest BCUT2D eigenvalue weighted by atomic mass is 35.5. The van der Waals surface area contributed by atoms with Gasteiger partial charge in [-0.05, 0) is 74.9 Å². The summed E-state index contributed by atoms with van der Waals surface area (Å²) in [5, 5.41) is 0.653. The average Bonchev–Trinajstić information content (AvgIpc) is 3.12. The van der Waals surface area contributed by atoms with E-state index in [0.29, 0.717) is 28.0 Å². The van der Waals surface area contributed by atoms with Crippen molar-refractivity contribution < 1.29 is 18.7 Å². The van der Waals surface area contributed by atoms with E-state index in [4.69, 9.17) is 25.5 Å². The molecule has 0 aliphatic carbocycles. The molecule has 0 spiro atoms. The molecule has 5 nitrogen and oxygen atoms in total. The van der Waals surface area contributed by atoms with Gasteiger partial charge in [-0.15, -0.1) is 0 Å². The number of hydrogen-bond acceptors (Lipinski definition) is 5. The summed E-state index contributed by atoms with van der Waals surface area (Å²) in [6, 6.07) is 20.2. The number of halogens is 1. The minimum absolute atomic E-state index is 0.219. The summed E-state index contributed by atoms with van der Waals surface area (Å²) in [4.78, 5) is 16.6. The number of aromatic nitrogens is 1. The number of benzene rings is 3. The molecule has 1 heterocycles. The number of nitrogens with zero attached hydrogens (tertiary/aromatic N) is 1. The van der Waals surface area contributed by atoms with E-state index in [2.05, 4.69) is 4.98 Å². The van der Waals surface area contributed by atoms with E-state index >= 15 is 0 Å². The molecule has 1 aromatic heterocycles. The van der Waals surface area contributed by atoms with Gasteiger partial charge in [-0.2, -0.15) is 0 Å². The molecule has 0 unspecified atom stereocenters. The molecule has 0 saturated heterocycles. The smallest absolute Gasteiger partial charge is 0.310 e. The van der Waals surface area contributed by atoms with Crippen molar-refractivity contribution in [2.75, 3.05) is 0 Å². The van der Waals surface area contributed by atoms with E-state index in [1.165, 1.54) is 0 Å². The molecular formula is C25H22ClNO4. The standard InChI is InChI=1S/C25H22ClNO4/c1-25(2,3)31-23(28)14-16-4-6-17(7-5-16)24-27-21-13-12-20(15-22(21)30-24)29-19-10-8-18(26)9-11-19/h4-13,15H,14H2,1-3H3. The average molecular weight is 436 g/mol. The lowest BCUT2D eigenvalue weighted by molar-refractivity contribution is -0.153. The molecule has 0 saturated carbocycles. The number of fused-ring (bicyclic) bond motifs is 1. The second-order valence-electron chi connectivity index (χ2n) is 8.16. The highest BCUT2D eigenvalue weighted by molar-refractivity contribution is 6.30. The van der Waals surface area contributed by atoms with Gasteiger partial charge in [0.2, 0.25) is 5.89 Å². The van der Waals surface area contributed by atoms with E-state index in [9.17, 15) is 4.79 Å². The lowest BCUT2D eigenvalue weighted by Gasteiger charge is -2.19. The molecule has 4 rings (SSSR count). The maximum atomic E-state index is 12.0. The molecule has 0 aliphatic heterocycles. The molecule has 0 aliphatic rings. The maximum absolute atomic E-state index is 12.0. The molecule has 0 bridgehead atoms. The first kappa shape index (κ1) is 20.9. The molecular weight excluding hydrogens is 414 g/mol. The molecule has 0 radical (unpaired) electrons. The second-order valence-corrected chi connectivity index (χ2v) is 8.60. The number of carbonyl (C=O) groups is 1. The fraction of sp³-hybridized carbons (Fsp3) is 0.200. The van der Waals surface area contributed by atoms with Crippen LogP contribution in [0, 0.1) is 0 Å². The van der Waals surface area contributed by atoms with E-state index in [1.807, 2.05) is 57.2 Å². The van der Waals surface area contributed by atoms with Crippen molar-refractivity contribution in [2.24, 2.45) is 0 Å². The Hall–Kier alpha value is -3.31. The zero-order chi connectivity index (χ0) is 22.0. The van der Waals surface area contributed by atoms with Gasteiger partial charge in [0, 0.05) is 16.7 Å². The minimum Gasteiger partial charge on any atom is -0.460 e. The molecule has 6 heteroatoms. The normalized spacial score (nSPS) is 11.5. The van der Waals surface area contributed by atoms with Crippen LogP contribution in [0.3, 0.4) is 0 Å². The van der Waals surface area contributed by atoms with Crippen LogP contribution >= 0.6 is 11.6 Å². The Balaban J connectivity index is 1.49. The largest absolute Gasteiger partial charge is 0.460 e. The quantitative estimate of drug-likeness (QED) is 0.322. The number of ether oxygens (including phenoxy) is 2. The fourth-order valence-corrected chi connectivity index (χ4v) is 3.17. The molecule has 0 amide bonds. The van der Waals surface area contributed by atoms with Crippen LogP contribution in [-0.4, -0.2) is 16.6 Å². The van der Waals surface area contributed by atoms with Crippen LogP contribution in [0.2, 0.25) is 5.02 Å². The van der Waals surface area contributed by atoms with Gasteiger partial charge in [-0.1, -0.05) is 23.7 Å². The SMILES string of the molecule is CC(C)(C)OC(=O)Cc1ccc(-c2nc3ccc(Oc4ccc(Cl)cc4)cc3o2)cc1. The van der Waals surface area contributed by atoms with Crippen LogP contribution in [-0.2, 0) is 16.0 Å². The van der Waals surface area contributed by atoms with Gasteiger partial charge in [0.25, 0.3) is 0 Å². The molecule has 31 heavy (non-hydrogen) atoms. The predicted octanol–water partition coefficient (Wildman–Crippen LogP) is 6.82. The van der Waals surface area contributed by atoms with Gasteiger partial charge in [0.1, 0.15) is 22.6 Å². The molecule has 4 aromatic rings. The van der Waals surface area contributed by atoms with Crippen molar-refractivity contribution in [1.29, 1.82) is 0 Å². The first-order valence-electron chi connectivity index (χ1n) is 9.90. The van der Waals surface area contributed by atoms with Crippen molar-refractivity contribution in [1.82, 2.24) is 4.98 Å². The molecule has 158 valence electrons. The van der Waals surface area contributed by atoms with Crippen molar-refractivity contribution in [2.45, 2.75) is 32.8 Å². The van der Waals surface area contributed by atoms with Crippen LogP contribution in [0.5, 0.6) is 11.5 Å². The molecule has 0 N–H and O–H groups in total. The Morgan fingerprint density at radius 3 is 2.32 bits per heavy atom. The monoisotopic (exact) mass is 435 g/mol. The summed E-state index contributed by atoms with van der Waals surface area (Å²) in [6.07, 6.45) is 0.219. The van der Waals surface area contributed by atoms with E-state index in [1.54, 1.807) is 30.3 Å². The summed E-state index contributed by atoms with van der Waals surface area (Å²) >= 11 is 5.91. The van der Waals surface area contributed by atoms with Crippen molar-refractivity contribution >= 4 is 28.7 Å². The van der Waals surface area contributed by atoms with Crippen molar-refractivity contribution in [3.05, 3.63) is 77.3 Å². The topological polar surface area (TPSA) is 61.6 Å². The minimum atomic E-state index is -0.495. The Kier molecular flexibility index (Phi) is 5.70. The lowest BCUT2D eigenvalue weighted by atomic mass is 10.1. The van der Waals surface area contributed by atoms with Gasteiger partial charge >= 0.3 is 5.97 Å². The molecule has 3 aromatic carbocycles. The lowest BCUT2D eigenvalue weighted by Crippen LogP contribution is -2.24. The molecule has 0 atom stereocenters. The summed E-state index contributed by atoms with van der Waals surface area (Å²) in [5.74, 6) is 1.58. The Morgan fingerprint density at radius 1 is 0.968 bits per heavy atom. The highest BCUT2D eigenvalue weighted by Crippen LogP contribution is 2.30. The number of esters is 1. The third-order valence-corrected chi connectivity index (χ3v) is 4.63. The maximum Gasteiger partial charge on any atom is 0.310 e. The summed E-state index contributed by atoms with van der Waals surface area (Å²) < 4.78 is 17.2. The predicted molar refractivity (Wildman–Crippen MR) is 121 cm³/mol. The first-order valence-corrected chi connectivity index (χ1v) is 10.3. The number of hydrogen-bond donors (Lipinski definition) is 0. The number of carbonyl (C=O) groups excluding carboxylic acids is 1. The highest BCUT2D eigenvalue weighted by Gasteiger charge is 2.17. The van der Waals surface area contributed by atoms with Crippen molar-refractivity contribution in [3.63, 3.8) is 0 Å². The van der Waals surface area contributed by atoms with Gasteiger partial charge < -0.3 is 13.9 Å². The van der Waals surface area contributed by atoms with Gasteiger partial charge in [-0.25, -0.2) is 4.98 Å². The first-order chi connectivity index (χ1) is 14.7. The Bertz CT molecular complexity index is 1210. The number of oxazole rings is 1. The zero-order valence-corrected chi connectivity index (χ0v) is 18.3. The fourth-order valence-electron chi connectivity index (χ4n) is 3.04. The van der Waals surface area contributed by atoms with Crippen LogP contribution in [0.15, 0.2) is 71.1 Å². The van der Waals surface area contributed by atoms with Gasteiger partial charge in [-0.3, -0.25) is 4.79 Å². The molecule has 0 fully saturated rings. The number of rotatable bonds is 5. The van der Waals surface area contributed by atoms with E-state index in [0.717, 1.165) is 16.6 Å². The summed E-state index contributed by atoms with van der Waals surface area (Å²) in [5.41, 5.74) is 2.55. The third-order valence-electron chi connectivity index (χ3n) is 4.38. The zero-order valence-electron chi connectivity index (χ0n) is 17.5. The van der Waals surface area contributed by atoms with Gasteiger partial charge in [0.15, 0.2) is 5.58 Å². The van der Waals surface area contributed by atoms with Gasteiger partial charge in [0.05, 0.1) is 6.42 Å². The Labute approximate surface area is 185 Å². The van der Waals surface area contributed by atoms with Crippen LogP contribution < -0.4 is 4.74 Å². The van der Waals surface area contributed by atoms with Crippen LogP contribution in [0.1, 0.15) is 26.3 Å². The Morgan fingerprint density at radius 2 is 1.65 bits per heavy atom. The summed E-state index contributed by atoms with van der Waals surface area (Å²) in [6.45, 7) is 5.56. The second kappa shape index (κ2) is 8.44. The van der Waals surface area contributed by atoms with E-state index < -0.39 is 5.60 Å². The van der Waals surface area contributed by atoms with Crippen LogP contribution in [0.4, 0.5) is 0 Å². The van der Waals surface area contributed by atoms with Crippen molar-refractivity contribution in [3.8, 4) is 23.0 Å². The summed E-state index contributed by atoms with van der Waals surface area (Å²) in [7, 11) is 0. The van der Waals surface area contributed by atoms with Crippen LogP contribution in [0.25, 0.3) is 22.6 Å². The van der Waals surface area contributed by atoms with E-state index in [-0.39, 0.29) is 12.4 Å².